The van der Waals surface area contributed by atoms with Gasteiger partial charge in [-0.05, 0) is 18.9 Å². The Morgan fingerprint density at radius 1 is 1.37 bits per heavy atom. The number of hydrogen-bond donors (Lipinski definition) is 1. The van der Waals surface area contributed by atoms with Crippen molar-refractivity contribution in [1.82, 2.24) is 0 Å². The highest BCUT2D eigenvalue weighted by molar-refractivity contribution is 5.86. The van der Waals surface area contributed by atoms with Crippen LogP contribution in [0, 0.1) is 0 Å². The van der Waals surface area contributed by atoms with Crippen molar-refractivity contribution in [3.63, 3.8) is 0 Å². The largest absolute Gasteiger partial charge is 0.573 e. The van der Waals surface area contributed by atoms with E-state index in [1.165, 1.54) is 13.2 Å². The average molecular weight is 276 g/mol. The fraction of sp³-hybridized carbons (Fsp3) is 0.417. The van der Waals surface area contributed by atoms with E-state index in [0.29, 0.717) is 18.4 Å². The molecule has 1 aliphatic rings. The zero-order valence-corrected chi connectivity index (χ0v) is 9.95. The number of aliphatic carboxylic acids is 1. The third-order valence-corrected chi connectivity index (χ3v) is 3.08. The second-order valence-electron chi connectivity index (χ2n) is 4.30. The van der Waals surface area contributed by atoms with Gasteiger partial charge < -0.3 is 14.6 Å². The Labute approximate surface area is 106 Å². The van der Waals surface area contributed by atoms with Gasteiger partial charge in [0.15, 0.2) is 0 Å². The highest BCUT2D eigenvalue weighted by Gasteiger charge is 2.53. The smallest absolute Gasteiger partial charge is 0.496 e. The van der Waals surface area contributed by atoms with Gasteiger partial charge in [0.2, 0.25) is 0 Å². The number of carbonyl (C=O) groups is 1. The van der Waals surface area contributed by atoms with Crippen LogP contribution >= 0.6 is 0 Å². The molecule has 2 rings (SSSR count). The van der Waals surface area contributed by atoms with E-state index in [4.69, 9.17) is 9.84 Å². The number of carboxylic acid groups (broad SMARTS) is 1. The van der Waals surface area contributed by atoms with Gasteiger partial charge >= 0.3 is 12.3 Å². The second kappa shape index (κ2) is 4.32. The van der Waals surface area contributed by atoms with Crippen LogP contribution in [0.3, 0.4) is 0 Å². The predicted octanol–water partition coefficient (Wildman–Crippen LogP) is 2.71. The molecule has 0 heterocycles. The molecular formula is C12H11F3O4. The van der Waals surface area contributed by atoms with Gasteiger partial charge in [-0.2, -0.15) is 0 Å². The number of alkyl halides is 3. The molecule has 7 heteroatoms. The van der Waals surface area contributed by atoms with E-state index < -0.39 is 23.5 Å². The first-order chi connectivity index (χ1) is 8.78. The monoisotopic (exact) mass is 276 g/mol. The van der Waals surface area contributed by atoms with Gasteiger partial charge in [0.05, 0.1) is 12.5 Å². The Hall–Kier alpha value is -1.92. The lowest BCUT2D eigenvalue weighted by atomic mass is 9.95. The third-order valence-electron chi connectivity index (χ3n) is 3.08. The Morgan fingerprint density at radius 3 is 2.42 bits per heavy atom. The maximum absolute atomic E-state index is 12.1. The van der Waals surface area contributed by atoms with Gasteiger partial charge in [-0.25, -0.2) is 0 Å². The molecular weight excluding hydrogens is 265 g/mol. The average Bonchev–Trinajstić information content (AvgIpc) is 3.07. The molecule has 0 spiro atoms. The molecule has 1 fully saturated rings. The standard InChI is InChI=1S/C12H11F3O4/c1-18-9-6-7(19-12(13,14)15)2-3-8(9)11(4-5-11)10(16)17/h2-3,6H,4-5H2,1H3,(H,16,17). The number of methoxy groups -OCH3 is 1. The Balaban J connectivity index is 2.35. The van der Waals surface area contributed by atoms with Crippen LogP contribution in [0.4, 0.5) is 13.2 Å². The zero-order valence-electron chi connectivity index (χ0n) is 9.95. The lowest BCUT2D eigenvalue weighted by molar-refractivity contribution is -0.274. The zero-order chi connectivity index (χ0) is 14.3. The van der Waals surface area contributed by atoms with Gasteiger partial charge in [-0.3, -0.25) is 4.79 Å². The maximum atomic E-state index is 12.1. The summed E-state index contributed by atoms with van der Waals surface area (Å²) < 4.78 is 45.0. The summed E-state index contributed by atoms with van der Waals surface area (Å²) in [6, 6.07) is 3.45. The van der Waals surface area contributed by atoms with Crippen LogP contribution in [0.2, 0.25) is 0 Å². The van der Waals surface area contributed by atoms with Crippen molar-refractivity contribution < 1.29 is 32.5 Å². The molecule has 19 heavy (non-hydrogen) atoms. The van der Waals surface area contributed by atoms with Crippen LogP contribution in [0.1, 0.15) is 18.4 Å². The fourth-order valence-electron chi connectivity index (χ4n) is 1.99. The quantitative estimate of drug-likeness (QED) is 0.918. The first-order valence-electron chi connectivity index (χ1n) is 5.46. The van der Waals surface area contributed by atoms with Gasteiger partial charge in [0.25, 0.3) is 0 Å². The molecule has 0 aromatic heterocycles. The summed E-state index contributed by atoms with van der Waals surface area (Å²) in [4.78, 5) is 11.2. The van der Waals surface area contributed by atoms with Gasteiger partial charge in [0, 0.05) is 11.6 Å². The highest BCUT2D eigenvalue weighted by Crippen LogP contribution is 2.52. The van der Waals surface area contributed by atoms with Crippen LogP contribution in [0.25, 0.3) is 0 Å². The molecule has 0 unspecified atom stereocenters. The summed E-state index contributed by atoms with van der Waals surface area (Å²) in [7, 11) is 1.27. The van der Waals surface area contributed by atoms with Crippen molar-refractivity contribution in [2.75, 3.05) is 7.11 Å². The van der Waals surface area contributed by atoms with E-state index in [9.17, 15) is 18.0 Å². The molecule has 0 atom stereocenters. The number of benzene rings is 1. The summed E-state index contributed by atoms with van der Waals surface area (Å²) in [5.41, 5.74) is -0.667. The van der Waals surface area contributed by atoms with Crippen molar-refractivity contribution in [2.24, 2.45) is 0 Å². The lowest BCUT2D eigenvalue weighted by Gasteiger charge is -2.16. The van der Waals surface area contributed by atoms with Crippen LogP contribution in [0.5, 0.6) is 11.5 Å². The Bertz CT molecular complexity index is 506. The molecule has 4 nitrogen and oxygen atoms in total. The van der Waals surface area contributed by atoms with Crippen LogP contribution in [-0.4, -0.2) is 24.5 Å². The normalized spacial score (nSPS) is 16.8. The second-order valence-corrected chi connectivity index (χ2v) is 4.30. The van der Waals surface area contributed by atoms with Crippen molar-refractivity contribution in [1.29, 1.82) is 0 Å². The molecule has 1 aliphatic carbocycles. The Morgan fingerprint density at radius 2 is 2.00 bits per heavy atom. The van der Waals surface area contributed by atoms with E-state index in [1.54, 1.807) is 0 Å². The molecule has 1 saturated carbocycles. The van der Waals surface area contributed by atoms with Crippen molar-refractivity contribution in [3.05, 3.63) is 23.8 Å². The minimum absolute atomic E-state index is 0.0849. The lowest BCUT2D eigenvalue weighted by Crippen LogP contribution is -2.21. The highest BCUT2D eigenvalue weighted by atomic mass is 19.4. The van der Waals surface area contributed by atoms with Gasteiger partial charge in [0.1, 0.15) is 11.5 Å². The Kier molecular flexibility index (Phi) is 3.07. The van der Waals surface area contributed by atoms with E-state index in [1.807, 2.05) is 0 Å². The molecule has 0 saturated heterocycles. The summed E-state index contributed by atoms with van der Waals surface area (Å²) in [6.07, 6.45) is -3.91. The molecule has 1 aromatic rings. The van der Waals surface area contributed by atoms with E-state index in [2.05, 4.69) is 4.74 Å². The molecule has 1 aromatic carbocycles. The number of hydrogen-bond acceptors (Lipinski definition) is 3. The number of carboxylic acids is 1. The van der Waals surface area contributed by atoms with E-state index in [0.717, 1.165) is 12.1 Å². The van der Waals surface area contributed by atoms with Gasteiger partial charge in [-0.1, -0.05) is 6.07 Å². The number of ether oxygens (including phenoxy) is 2. The van der Waals surface area contributed by atoms with Crippen molar-refractivity contribution in [2.45, 2.75) is 24.6 Å². The molecule has 0 radical (unpaired) electrons. The summed E-state index contributed by atoms with van der Waals surface area (Å²) in [5.74, 6) is -1.36. The molecule has 0 aliphatic heterocycles. The molecule has 0 amide bonds. The van der Waals surface area contributed by atoms with E-state index >= 15 is 0 Å². The minimum atomic E-state index is -4.80. The summed E-state index contributed by atoms with van der Waals surface area (Å²) >= 11 is 0. The van der Waals surface area contributed by atoms with Gasteiger partial charge in [-0.15, -0.1) is 13.2 Å². The van der Waals surface area contributed by atoms with Crippen molar-refractivity contribution >= 4 is 5.97 Å². The number of halogens is 3. The first-order valence-corrected chi connectivity index (χ1v) is 5.46. The molecule has 1 N–H and O–H groups in total. The molecule has 104 valence electrons. The van der Waals surface area contributed by atoms with E-state index in [-0.39, 0.29) is 5.75 Å². The van der Waals surface area contributed by atoms with Crippen LogP contribution < -0.4 is 9.47 Å². The van der Waals surface area contributed by atoms with Crippen LogP contribution in [0.15, 0.2) is 18.2 Å². The molecule has 0 bridgehead atoms. The minimum Gasteiger partial charge on any atom is -0.496 e. The predicted molar refractivity (Wildman–Crippen MR) is 58.2 cm³/mol. The summed E-state index contributed by atoms with van der Waals surface area (Å²) in [5, 5.41) is 9.17. The summed E-state index contributed by atoms with van der Waals surface area (Å²) in [6.45, 7) is 0. The topological polar surface area (TPSA) is 55.8 Å². The van der Waals surface area contributed by atoms with Crippen LogP contribution in [-0.2, 0) is 10.2 Å². The number of rotatable bonds is 4. The maximum Gasteiger partial charge on any atom is 0.573 e. The van der Waals surface area contributed by atoms with Crippen molar-refractivity contribution in [3.8, 4) is 11.5 Å². The fourth-order valence-corrected chi connectivity index (χ4v) is 1.99. The third kappa shape index (κ3) is 2.59. The first kappa shape index (κ1) is 13.5. The SMILES string of the molecule is COc1cc(OC(F)(F)F)ccc1C1(C(=O)O)CC1.